The number of hydrogen-bond donors (Lipinski definition) is 1. The summed E-state index contributed by atoms with van der Waals surface area (Å²) in [7, 11) is 0. The number of anilines is 1. The van der Waals surface area contributed by atoms with Crippen molar-refractivity contribution in [2.45, 2.75) is 6.92 Å². The van der Waals surface area contributed by atoms with Gasteiger partial charge >= 0.3 is 0 Å². The third kappa shape index (κ3) is 2.88. The fourth-order valence-electron chi connectivity index (χ4n) is 1.36. The van der Waals surface area contributed by atoms with E-state index in [1.165, 1.54) is 11.3 Å². The molecule has 0 spiro atoms. The van der Waals surface area contributed by atoms with Crippen molar-refractivity contribution in [3.05, 3.63) is 48.5 Å². The van der Waals surface area contributed by atoms with Crippen molar-refractivity contribution in [2.24, 2.45) is 0 Å². The second kappa shape index (κ2) is 5.61. The van der Waals surface area contributed by atoms with Crippen molar-refractivity contribution >= 4 is 62.1 Å². The third-order valence-electron chi connectivity index (χ3n) is 2.28. The highest BCUT2D eigenvalue weighted by molar-refractivity contribution is 9.10. The number of carbonyl (C=O) groups excluding carboxylic acids is 1. The lowest BCUT2D eigenvalue weighted by Gasteiger charge is -2.07. The number of amides is 1. The van der Waals surface area contributed by atoms with Gasteiger partial charge in [0, 0.05) is 9.50 Å². The Labute approximate surface area is 127 Å². The summed E-state index contributed by atoms with van der Waals surface area (Å²) in [6, 6.07) is 5.20. The van der Waals surface area contributed by atoms with Crippen molar-refractivity contribution < 1.29 is 4.79 Å². The molecule has 1 heterocycles. The topological polar surface area (TPSA) is 29.1 Å². The monoisotopic (exact) mass is 363 g/mol. The molecule has 0 aliphatic heterocycles. The van der Waals surface area contributed by atoms with Crippen LogP contribution in [0.4, 0.5) is 5.69 Å². The summed E-state index contributed by atoms with van der Waals surface area (Å²) in [4.78, 5) is 12.6. The molecular formula is C12H8BrCl2NOS. The van der Waals surface area contributed by atoms with E-state index in [0.717, 1.165) is 10.0 Å². The van der Waals surface area contributed by atoms with Gasteiger partial charge in [-0.1, -0.05) is 23.2 Å². The molecule has 1 aromatic carbocycles. The van der Waals surface area contributed by atoms with Gasteiger partial charge in [0.2, 0.25) is 0 Å². The van der Waals surface area contributed by atoms with Crippen LogP contribution in [0.15, 0.2) is 28.1 Å². The minimum Gasteiger partial charge on any atom is -0.320 e. The second-order valence-electron chi connectivity index (χ2n) is 3.64. The highest BCUT2D eigenvalue weighted by atomic mass is 79.9. The summed E-state index contributed by atoms with van der Waals surface area (Å²) in [5, 5.41) is 5.68. The number of halogens is 3. The van der Waals surface area contributed by atoms with E-state index in [4.69, 9.17) is 23.2 Å². The number of nitrogens with one attached hydrogen (secondary N) is 1. The Morgan fingerprint density at radius 2 is 2.11 bits per heavy atom. The van der Waals surface area contributed by atoms with Gasteiger partial charge in [-0.05, 0) is 52.0 Å². The molecule has 6 heteroatoms. The Bertz CT molecular complexity index is 612. The van der Waals surface area contributed by atoms with Crippen LogP contribution in [0.25, 0.3) is 0 Å². The third-order valence-corrected chi connectivity index (χ3v) is 4.90. The summed E-state index contributed by atoms with van der Waals surface area (Å²) in [5.41, 5.74) is 1.52. The zero-order valence-corrected chi connectivity index (χ0v) is 13.2. The molecule has 2 nitrogen and oxygen atoms in total. The number of aryl methyl sites for hydroxylation is 1. The molecule has 1 amide bonds. The zero-order valence-electron chi connectivity index (χ0n) is 9.26. The lowest BCUT2D eigenvalue weighted by molar-refractivity contribution is 0.103. The molecule has 0 saturated heterocycles. The van der Waals surface area contributed by atoms with Crippen LogP contribution in [0, 0.1) is 6.92 Å². The van der Waals surface area contributed by atoms with E-state index in [9.17, 15) is 4.79 Å². The van der Waals surface area contributed by atoms with Crippen molar-refractivity contribution in [1.29, 1.82) is 0 Å². The molecule has 0 atom stereocenters. The minimum atomic E-state index is -0.235. The molecule has 0 unspecified atom stereocenters. The maximum atomic E-state index is 12.1. The molecule has 0 bridgehead atoms. The molecule has 2 aromatic rings. The molecule has 0 aliphatic rings. The van der Waals surface area contributed by atoms with Crippen LogP contribution in [0.2, 0.25) is 10.0 Å². The second-order valence-corrected chi connectivity index (χ2v) is 6.19. The molecule has 0 aliphatic carbocycles. The maximum Gasteiger partial charge on any atom is 0.267 e. The Balaban J connectivity index is 2.27. The number of thiophene rings is 1. The van der Waals surface area contributed by atoms with Gasteiger partial charge in [-0.2, -0.15) is 0 Å². The molecule has 1 N–H and O–H groups in total. The average molecular weight is 365 g/mol. The smallest absolute Gasteiger partial charge is 0.267 e. The van der Waals surface area contributed by atoms with Crippen LogP contribution in [0.1, 0.15) is 15.2 Å². The first-order valence-electron chi connectivity index (χ1n) is 4.99. The van der Waals surface area contributed by atoms with Gasteiger partial charge in [0.05, 0.1) is 10.7 Å². The first-order valence-corrected chi connectivity index (χ1v) is 7.42. The van der Waals surface area contributed by atoms with E-state index < -0.39 is 0 Å². The zero-order chi connectivity index (χ0) is 13.3. The number of hydrogen-bond acceptors (Lipinski definition) is 2. The molecule has 18 heavy (non-hydrogen) atoms. The maximum absolute atomic E-state index is 12.1. The molecular weight excluding hydrogens is 357 g/mol. The van der Waals surface area contributed by atoms with Gasteiger partial charge in [0.15, 0.2) is 0 Å². The normalized spacial score (nSPS) is 10.4. The van der Waals surface area contributed by atoms with Crippen LogP contribution in [-0.2, 0) is 0 Å². The lowest BCUT2D eigenvalue weighted by atomic mass is 10.3. The van der Waals surface area contributed by atoms with Crippen LogP contribution < -0.4 is 5.32 Å². The molecule has 0 radical (unpaired) electrons. The highest BCUT2D eigenvalue weighted by Gasteiger charge is 2.15. The van der Waals surface area contributed by atoms with Crippen molar-refractivity contribution in [2.75, 3.05) is 5.32 Å². The van der Waals surface area contributed by atoms with Crippen LogP contribution in [0.3, 0.4) is 0 Å². The van der Waals surface area contributed by atoms with Gasteiger partial charge < -0.3 is 5.32 Å². The predicted molar refractivity (Wildman–Crippen MR) is 81.2 cm³/mol. The fraction of sp³-hybridized carbons (Fsp3) is 0.0833. The molecule has 0 saturated carbocycles. The van der Waals surface area contributed by atoms with Crippen molar-refractivity contribution in [1.82, 2.24) is 0 Å². The van der Waals surface area contributed by atoms with E-state index in [1.54, 1.807) is 18.2 Å². The van der Waals surface area contributed by atoms with Crippen molar-refractivity contribution in [3.8, 4) is 0 Å². The molecule has 94 valence electrons. The lowest BCUT2D eigenvalue weighted by Crippen LogP contribution is -2.11. The van der Waals surface area contributed by atoms with Crippen LogP contribution >= 0.6 is 50.5 Å². The SMILES string of the molecule is Cc1csc(C(=O)Nc2cc(Cl)ccc2Br)c1Cl. The largest absolute Gasteiger partial charge is 0.320 e. The van der Waals surface area contributed by atoms with E-state index >= 15 is 0 Å². The van der Waals surface area contributed by atoms with Gasteiger partial charge in [0.25, 0.3) is 5.91 Å². The summed E-state index contributed by atoms with van der Waals surface area (Å²) in [6.45, 7) is 1.87. The summed E-state index contributed by atoms with van der Waals surface area (Å²) in [5.74, 6) is -0.235. The summed E-state index contributed by atoms with van der Waals surface area (Å²) >= 11 is 16.6. The first kappa shape index (κ1) is 13.9. The van der Waals surface area contributed by atoms with Gasteiger partial charge in [-0.15, -0.1) is 11.3 Å². The van der Waals surface area contributed by atoms with E-state index in [0.29, 0.717) is 20.6 Å². The standard InChI is InChI=1S/C12H8BrCl2NOS/c1-6-5-18-11(10(6)15)12(17)16-9-4-7(14)2-3-8(9)13/h2-5H,1H3,(H,16,17). The molecule has 2 rings (SSSR count). The summed E-state index contributed by atoms with van der Waals surface area (Å²) in [6.07, 6.45) is 0. The van der Waals surface area contributed by atoms with E-state index in [1.807, 2.05) is 12.3 Å². The number of benzene rings is 1. The predicted octanol–water partition coefficient (Wildman–Crippen LogP) is 5.38. The Kier molecular flexibility index (Phi) is 4.33. The van der Waals surface area contributed by atoms with Crippen molar-refractivity contribution in [3.63, 3.8) is 0 Å². The van der Waals surface area contributed by atoms with Gasteiger partial charge in [0.1, 0.15) is 4.88 Å². The summed E-state index contributed by atoms with van der Waals surface area (Å²) < 4.78 is 0.768. The quantitative estimate of drug-likeness (QED) is 0.761. The number of rotatable bonds is 2. The minimum absolute atomic E-state index is 0.235. The van der Waals surface area contributed by atoms with Gasteiger partial charge in [-0.3, -0.25) is 4.79 Å². The van der Waals surface area contributed by atoms with Gasteiger partial charge in [-0.25, -0.2) is 0 Å². The Morgan fingerprint density at radius 1 is 1.39 bits per heavy atom. The highest BCUT2D eigenvalue weighted by Crippen LogP contribution is 2.30. The first-order chi connectivity index (χ1) is 8.49. The van der Waals surface area contributed by atoms with E-state index in [-0.39, 0.29) is 5.91 Å². The number of carbonyl (C=O) groups is 1. The Hall–Kier alpha value is -0.550. The van der Waals surface area contributed by atoms with Crippen LogP contribution in [-0.4, -0.2) is 5.91 Å². The molecule has 0 fully saturated rings. The fourth-order valence-corrected chi connectivity index (χ4v) is 3.05. The van der Waals surface area contributed by atoms with E-state index in [2.05, 4.69) is 21.2 Å². The average Bonchev–Trinajstić information content (AvgIpc) is 2.65. The Morgan fingerprint density at radius 3 is 2.72 bits per heavy atom. The molecule has 1 aromatic heterocycles. The van der Waals surface area contributed by atoms with Crippen LogP contribution in [0.5, 0.6) is 0 Å².